The van der Waals surface area contributed by atoms with E-state index in [0.717, 1.165) is 0 Å². The summed E-state index contributed by atoms with van der Waals surface area (Å²) in [5.41, 5.74) is 0.615. The van der Waals surface area contributed by atoms with Crippen LogP contribution in [0.2, 0.25) is 5.02 Å². The predicted molar refractivity (Wildman–Crippen MR) is 116 cm³/mol. The van der Waals surface area contributed by atoms with Crippen molar-refractivity contribution >= 4 is 34.8 Å². The van der Waals surface area contributed by atoms with Gasteiger partial charge < -0.3 is 15.4 Å². The van der Waals surface area contributed by atoms with Crippen molar-refractivity contribution < 1.29 is 14.3 Å². The number of rotatable bonds is 6. The second-order valence-electron chi connectivity index (χ2n) is 6.92. The van der Waals surface area contributed by atoms with Crippen LogP contribution in [0.5, 0.6) is 5.75 Å². The first-order chi connectivity index (χ1) is 13.8. The molecule has 3 rings (SSSR count). The highest BCUT2D eigenvalue weighted by molar-refractivity contribution is 6.31. The summed E-state index contributed by atoms with van der Waals surface area (Å²) in [5, 5.41) is 6.12. The van der Waals surface area contributed by atoms with Crippen molar-refractivity contribution in [3.63, 3.8) is 0 Å². The Morgan fingerprint density at radius 2 is 1.45 bits per heavy atom. The van der Waals surface area contributed by atoms with E-state index >= 15 is 0 Å². The normalized spacial score (nSPS) is 10.9. The SMILES string of the molecule is CC(C)(Oc1ccccc1)C(=O)Nc1ccc(NC(=O)c2cccc(Cl)c2)cc1. The number of amides is 2. The summed E-state index contributed by atoms with van der Waals surface area (Å²) < 4.78 is 5.79. The second kappa shape index (κ2) is 8.80. The molecule has 0 aliphatic heterocycles. The van der Waals surface area contributed by atoms with Gasteiger partial charge in [-0.15, -0.1) is 0 Å². The fourth-order valence-corrected chi connectivity index (χ4v) is 2.77. The number of hydrogen-bond donors (Lipinski definition) is 2. The molecule has 148 valence electrons. The van der Waals surface area contributed by atoms with Gasteiger partial charge in [0.15, 0.2) is 5.60 Å². The molecule has 0 radical (unpaired) electrons. The lowest BCUT2D eigenvalue weighted by Crippen LogP contribution is -2.42. The summed E-state index contributed by atoms with van der Waals surface area (Å²) in [7, 11) is 0. The van der Waals surface area contributed by atoms with Gasteiger partial charge >= 0.3 is 0 Å². The van der Waals surface area contributed by atoms with Crippen LogP contribution in [-0.4, -0.2) is 17.4 Å². The van der Waals surface area contributed by atoms with Crippen molar-refractivity contribution in [3.8, 4) is 5.75 Å². The molecule has 0 heterocycles. The van der Waals surface area contributed by atoms with Gasteiger partial charge in [0.1, 0.15) is 5.75 Å². The van der Waals surface area contributed by atoms with Gasteiger partial charge in [0.2, 0.25) is 0 Å². The third-order valence-electron chi connectivity index (χ3n) is 4.15. The average Bonchev–Trinajstić information content (AvgIpc) is 2.70. The lowest BCUT2D eigenvalue weighted by atomic mass is 10.1. The van der Waals surface area contributed by atoms with Gasteiger partial charge in [0.25, 0.3) is 11.8 Å². The van der Waals surface area contributed by atoms with E-state index in [-0.39, 0.29) is 11.8 Å². The lowest BCUT2D eigenvalue weighted by molar-refractivity contribution is -0.128. The van der Waals surface area contributed by atoms with Crippen molar-refractivity contribution in [1.29, 1.82) is 0 Å². The third-order valence-corrected chi connectivity index (χ3v) is 4.39. The Morgan fingerprint density at radius 3 is 2.07 bits per heavy atom. The zero-order valence-electron chi connectivity index (χ0n) is 16.1. The molecule has 0 atom stereocenters. The van der Waals surface area contributed by atoms with Gasteiger partial charge in [0.05, 0.1) is 0 Å². The molecule has 0 aliphatic rings. The average molecular weight is 409 g/mol. The van der Waals surface area contributed by atoms with E-state index in [1.54, 1.807) is 74.5 Å². The Labute approximate surface area is 174 Å². The quantitative estimate of drug-likeness (QED) is 0.574. The summed E-state index contributed by atoms with van der Waals surface area (Å²) in [5.74, 6) is 0.0745. The molecule has 0 saturated heterocycles. The van der Waals surface area contributed by atoms with Crippen molar-refractivity contribution in [2.75, 3.05) is 10.6 Å². The van der Waals surface area contributed by atoms with E-state index in [1.165, 1.54) is 0 Å². The first-order valence-electron chi connectivity index (χ1n) is 9.06. The molecule has 5 nitrogen and oxygen atoms in total. The number of nitrogens with one attached hydrogen (secondary N) is 2. The maximum absolute atomic E-state index is 12.6. The van der Waals surface area contributed by atoms with Crippen LogP contribution in [0.25, 0.3) is 0 Å². The van der Waals surface area contributed by atoms with Crippen LogP contribution in [0.15, 0.2) is 78.9 Å². The lowest BCUT2D eigenvalue weighted by Gasteiger charge is -2.25. The summed E-state index contributed by atoms with van der Waals surface area (Å²) in [4.78, 5) is 24.9. The molecule has 6 heteroatoms. The van der Waals surface area contributed by atoms with Crippen LogP contribution in [0, 0.1) is 0 Å². The minimum Gasteiger partial charge on any atom is -0.478 e. The van der Waals surface area contributed by atoms with Gasteiger partial charge in [0, 0.05) is 22.0 Å². The number of carbonyl (C=O) groups excluding carboxylic acids is 2. The Kier molecular flexibility index (Phi) is 6.20. The van der Waals surface area contributed by atoms with Crippen LogP contribution in [-0.2, 0) is 4.79 Å². The first kappa shape index (κ1) is 20.4. The second-order valence-corrected chi connectivity index (χ2v) is 7.36. The molecule has 2 N–H and O–H groups in total. The molecule has 0 aliphatic carbocycles. The number of para-hydroxylation sites is 1. The van der Waals surface area contributed by atoms with Crippen LogP contribution in [0.4, 0.5) is 11.4 Å². The number of anilines is 2. The molecule has 0 spiro atoms. The van der Waals surface area contributed by atoms with Crippen LogP contribution < -0.4 is 15.4 Å². The van der Waals surface area contributed by atoms with E-state index in [1.807, 2.05) is 18.2 Å². The molecule has 3 aromatic carbocycles. The number of benzene rings is 3. The predicted octanol–water partition coefficient (Wildman–Crippen LogP) is 5.39. The molecule has 3 aromatic rings. The smallest absolute Gasteiger partial charge is 0.267 e. The van der Waals surface area contributed by atoms with Crippen molar-refractivity contribution in [3.05, 3.63) is 89.4 Å². The van der Waals surface area contributed by atoms with Gasteiger partial charge in [-0.3, -0.25) is 9.59 Å². The van der Waals surface area contributed by atoms with Crippen LogP contribution in [0.1, 0.15) is 24.2 Å². The van der Waals surface area contributed by atoms with Crippen LogP contribution in [0.3, 0.4) is 0 Å². The topological polar surface area (TPSA) is 67.4 Å². The van der Waals surface area contributed by atoms with E-state index in [9.17, 15) is 9.59 Å². The number of carbonyl (C=O) groups is 2. The molecule has 0 saturated carbocycles. The molecule has 0 unspecified atom stereocenters. The van der Waals surface area contributed by atoms with Crippen molar-refractivity contribution in [2.24, 2.45) is 0 Å². The molecule has 29 heavy (non-hydrogen) atoms. The summed E-state index contributed by atoms with van der Waals surface area (Å²) in [6.07, 6.45) is 0. The van der Waals surface area contributed by atoms with E-state index < -0.39 is 5.60 Å². The molecule has 2 amide bonds. The molecular formula is C23H21ClN2O3. The molecule has 0 bridgehead atoms. The molecular weight excluding hydrogens is 388 g/mol. The van der Waals surface area contributed by atoms with Gasteiger partial charge in [-0.05, 0) is 68.4 Å². The standard InChI is InChI=1S/C23H21ClN2O3/c1-23(2,29-20-9-4-3-5-10-20)22(28)26-19-13-11-18(12-14-19)25-21(27)16-7-6-8-17(24)15-16/h3-15H,1-2H3,(H,25,27)(H,26,28). The summed E-state index contributed by atoms with van der Waals surface area (Å²) in [6.45, 7) is 3.41. The largest absolute Gasteiger partial charge is 0.478 e. The maximum Gasteiger partial charge on any atom is 0.267 e. The van der Waals surface area contributed by atoms with E-state index in [2.05, 4.69) is 10.6 Å². The zero-order valence-corrected chi connectivity index (χ0v) is 16.9. The first-order valence-corrected chi connectivity index (χ1v) is 9.44. The minimum atomic E-state index is -1.05. The Hall–Kier alpha value is -3.31. The zero-order chi connectivity index (χ0) is 20.9. The number of ether oxygens (including phenoxy) is 1. The fraction of sp³-hybridized carbons (Fsp3) is 0.130. The Balaban J connectivity index is 1.61. The minimum absolute atomic E-state index is 0.262. The molecule has 0 aromatic heterocycles. The highest BCUT2D eigenvalue weighted by atomic mass is 35.5. The third kappa shape index (κ3) is 5.59. The van der Waals surface area contributed by atoms with E-state index in [4.69, 9.17) is 16.3 Å². The summed E-state index contributed by atoms with van der Waals surface area (Å²) >= 11 is 5.92. The van der Waals surface area contributed by atoms with Gasteiger partial charge in [-0.25, -0.2) is 0 Å². The monoisotopic (exact) mass is 408 g/mol. The van der Waals surface area contributed by atoms with E-state index in [0.29, 0.717) is 27.7 Å². The number of halogens is 1. The van der Waals surface area contributed by atoms with Gasteiger partial charge in [-0.1, -0.05) is 35.9 Å². The summed E-state index contributed by atoms with van der Waals surface area (Å²) in [6, 6.07) is 22.7. The Morgan fingerprint density at radius 1 is 0.828 bits per heavy atom. The van der Waals surface area contributed by atoms with Crippen LogP contribution >= 0.6 is 11.6 Å². The highest BCUT2D eigenvalue weighted by Crippen LogP contribution is 2.21. The van der Waals surface area contributed by atoms with Gasteiger partial charge in [-0.2, -0.15) is 0 Å². The van der Waals surface area contributed by atoms with Crippen molar-refractivity contribution in [2.45, 2.75) is 19.4 Å². The Bertz CT molecular complexity index is 1000. The molecule has 0 fully saturated rings. The number of hydrogen-bond acceptors (Lipinski definition) is 3. The maximum atomic E-state index is 12.6. The van der Waals surface area contributed by atoms with Crippen molar-refractivity contribution in [1.82, 2.24) is 0 Å². The fourth-order valence-electron chi connectivity index (χ4n) is 2.58. The highest BCUT2D eigenvalue weighted by Gasteiger charge is 2.30.